The monoisotopic (exact) mass is 139 g/mol. The lowest BCUT2D eigenvalue weighted by Crippen LogP contribution is -2.57. The highest BCUT2D eigenvalue weighted by Crippen LogP contribution is 2.20. The standard InChI is InChI=1S/C8H13NO/c1-3-5-7-6(4-2)8(10)9-7/h3,6-7H,1,4-5H2,2H3,(H,9,10)/t6-,7-/m0/s1. The molecule has 1 rings (SSSR count). The summed E-state index contributed by atoms with van der Waals surface area (Å²) in [7, 11) is 0. The van der Waals surface area contributed by atoms with Crippen LogP contribution in [0.5, 0.6) is 0 Å². The van der Waals surface area contributed by atoms with E-state index in [0.29, 0.717) is 6.04 Å². The molecule has 0 unspecified atom stereocenters. The third-order valence-corrected chi connectivity index (χ3v) is 2.01. The Hall–Kier alpha value is -0.790. The van der Waals surface area contributed by atoms with Crippen molar-refractivity contribution < 1.29 is 4.79 Å². The Morgan fingerprint density at radius 3 is 2.90 bits per heavy atom. The third-order valence-electron chi connectivity index (χ3n) is 2.01. The Kier molecular flexibility index (Phi) is 2.10. The molecule has 0 aromatic carbocycles. The molecule has 10 heavy (non-hydrogen) atoms. The smallest absolute Gasteiger partial charge is 0.225 e. The van der Waals surface area contributed by atoms with E-state index >= 15 is 0 Å². The first kappa shape index (κ1) is 7.32. The number of rotatable bonds is 3. The lowest BCUT2D eigenvalue weighted by Gasteiger charge is -2.35. The van der Waals surface area contributed by atoms with Gasteiger partial charge in [-0.2, -0.15) is 0 Å². The number of hydrogen-bond acceptors (Lipinski definition) is 1. The second kappa shape index (κ2) is 2.86. The maximum Gasteiger partial charge on any atom is 0.225 e. The van der Waals surface area contributed by atoms with Gasteiger partial charge in [0.25, 0.3) is 0 Å². The Morgan fingerprint density at radius 1 is 1.80 bits per heavy atom. The number of hydrogen-bond donors (Lipinski definition) is 1. The molecule has 0 aromatic heterocycles. The minimum Gasteiger partial charge on any atom is -0.352 e. The normalized spacial score (nSPS) is 30.7. The van der Waals surface area contributed by atoms with Crippen molar-refractivity contribution in [3.8, 4) is 0 Å². The predicted molar refractivity (Wildman–Crippen MR) is 40.5 cm³/mol. The van der Waals surface area contributed by atoms with Crippen LogP contribution in [0.1, 0.15) is 19.8 Å². The summed E-state index contributed by atoms with van der Waals surface area (Å²) in [4.78, 5) is 10.8. The van der Waals surface area contributed by atoms with Crippen LogP contribution in [0.3, 0.4) is 0 Å². The van der Waals surface area contributed by atoms with Crippen molar-refractivity contribution in [2.75, 3.05) is 0 Å². The van der Waals surface area contributed by atoms with E-state index in [1.165, 1.54) is 0 Å². The Labute approximate surface area is 61.3 Å². The van der Waals surface area contributed by atoms with Crippen molar-refractivity contribution in [2.24, 2.45) is 5.92 Å². The number of β-lactam (4-membered cyclic amide) rings is 1. The molecular formula is C8H13NO. The molecule has 1 heterocycles. The fourth-order valence-corrected chi connectivity index (χ4v) is 1.35. The fraction of sp³-hybridized carbons (Fsp3) is 0.625. The van der Waals surface area contributed by atoms with Crippen LogP contribution in [0.25, 0.3) is 0 Å². The van der Waals surface area contributed by atoms with Crippen molar-refractivity contribution in [1.82, 2.24) is 5.32 Å². The van der Waals surface area contributed by atoms with Gasteiger partial charge in [0.2, 0.25) is 5.91 Å². The number of carbonyl (C=O) groups excluding carboxylic acids is 1. The van der Waals surface area contributed by atoms with Gasteiger partial charge in [-0.15, -0.1) is 6.58 Å². The van der Waals surface area contributed by atoms with Gasteiger partial charge < -0.3 is 5.32 Å². The van der Waals surface area contributed by atoms with Crippen LogP contribution in [0.2, 0.25) is 0 Å². The van der Waals surface area contributed by atoms with E-state index in [1.54, 1.807) is 0 Å². The van der Waals surface area contributed by atoms with Crippen molar-refractivity contribution in [2.45, 2.75) is 25.8 Å². The van der Waals surface area contributed by atoms with Crippen LogP contribution < -0.4 is 5.32 Å². The fourth-order valence-electron chi connectivity index (χ4n) is 1.35. The van der Waals surface area contributed by atoms with Gasteiger partial charge in [0, 0.05) is 6.04 Å². The van der Waals surface area contributed by atoms with Gasteiger partial charge >= 0.3 is 0 Å². The molecule has 1 amide bonds. The van der Waals surface area contributed by atoms with E-state index in [2.05, 4.69) is 11.9 Å². The summed E-state index contributed by atoms with van der Waals surface area (Å²) >= 11 is 0. The second-order valence-electron chi connectivity index (χ2n) is 2.65. The van der Waals surface area contributed by atoms with Crippen LogP contribution in [0.4, 0.5) is 0 Å². The SMILES string of the molecule is C=CC[C@@H]1NC(=O)[C@H]1CC. The minimum atomic E-state index is 0.203. The van der Waals surface area contributed by atoms with Gasteiger partial charge in [-0.1, -0.05) is 13.0 Å². The van der Waals surface area contributed by atoms with E-state index in [0.717, 1.165) is 12.8 Å². The first-order chi connectivity index (χ1) is 4.79. The number of nitrogens with one attached hydrogen (secondary N) is 1. The van der Waals surface area contributed by atoms with Crippen LogP contribution in [0.15, 0.2) is 12.7 Å². The molecule has 1 N–H and O–H groups in total. The summed E-state index contributed by atoms with van der Waals surface area (Å²) in [6.07, 6.45) is 3.71. The molecule has 0 aliphatic carbocycles. The zero-order chi connectivity index (χ0) is 7.56. The maximum atomic E-state index is 10.8. The first-order valence-corrected chi connectivity index (χ1v) is 3.70. The predicted octanol–water partition coefficient (Wildman–Crippen LogP) is 1.09. The highest BCUT2D eigenvalue weighted by molar-refractivity contribution is 5.85. The molecule has 56 valence electrons. The van der Waals surface area contributed by atoms with Crippen molar-refractivity contribution in [3.63, 3.8) is 0 Å². The van der Waals surface area contributed by atoms with E-state index in [1.807, 2.05) is 13.0 Å². The average Bonchev–Trinajstić information content (AvgIpc) is 1.88. The van der Waals surface area contributed by atoms with Crippen LogP contribution >= 0.6 is 0 Å². The largest absolute Gasteiger partial charge is 0.352 e. The minimum absolute atomic E-state index is 0.203. The molecule has 1 aliphatic rings. The molecule has 0 saturated carbocycles. The average molecular weight is 139 g/mol. The molecule has 2 heteroatoms. The lowest BCUT2D eigenvalue weighted by atomic mass is 9.86. The lowest BCUT2D eigenvalue weighted by molar-refractivity contribution is -0.135. The molecular weight excluding hydrogens is 126 g/mol. The van der Waals surface area contributed by atoms with E-state index in [-0.39, 0.29) is 11.8 Å². The number of carbonyl (C=O) groups is 1. The van der Waals surface area contributed by atoms with E-state index in [9.17, 15) is 4.79 Å². The quantitative estimate of drug-likeness (QED) is 0.460. The molecule has 1 saturated heterocycles. The molecule has 1 aliphatic heterocycles. The summed E-state index contributed by atoms with van der Waals surface area (Å²) in [5.41, 5.74) is 0. The first-order valence-electron chi connectivity index (χ1n) is 3.70. The zero-order valence-corrected chi connectivity index (χ0v) is 6.26. The summed E-state index contributed by atoms with van der Waals surface area (Å²) in [5.74, 6) is 0.451. The van der Waals surface area contributed by atoms with Crippen LogP contribution in [-0.2, 0) is 4.79 Å². The molecule has 0 bridgehead atoms. The van der Waals surface area contributed by atoms with Gasteiger partial charge in [0.15, 0.2) is 0 Å². The summed E-state index contributed by atoms with van der Waals surface area (Å²) in [6.45, 7) is 5.67. The summed E-state index contributed by atoms with van der Waals surface area (Å²) < 4.78 is 0. The van der Waals surface area contributed by atoms with Gasteiger partial charge in [-0.3, -0.25) is 4.79 Å². The zero-order valence-electron chi connectivity index (χ0n) is 6.26. The molecule has 1 fully saturated rings. The summed E-state index contributed by atoms with van der Waals surface area (Å²) in [6, 6.07) is 0.370. The van der Waals surface area contributed by atoms with Crippen molar-refractivity contribution in [1.29, 1.82) is 0 Å². The summed E-state index contributed by atoms with van der Waals surface area (Å²) in [5, 5.41) is 2.83. The van der Waals surface area contributed by atoms with Gasteiger partial charge in [-0.05, 0) is 12.8 Å². The molecule has 0 spiro atoms. The van der Waals surface area contributed by atoms with Gasteiger partial charge in [0.05, 0.1) is 5.92 Å². The van der Waals surface area contributed by atoms with Gasteiger partial charge in [0.1, 0.15) is 0 Å². The van der Waals surface area contributed by atoms with E-state index in [4.69, 9.17) is 0 Å². The molecule has 2 nitrogen and oxygen atoms in total. The van der Waals surface area contributed by atoms with E-state index < -0.39 is 0 Å². The van der Waals surface area contributed by atoms with Gasteiger partial charge in [-0.25, -0.2) is 0 Å². The van der Waals surface area contributed by atoms with Crippen molar-refractivity contribution >= 4 is 5.91 Å². The Morgan fingerprint density at radius 2 is 2.50 bits per heavy atom. The Balaban J connectivity index is 2.37. The molecule has 2 atom stereocenters. The maximum absolute atomic E-state index is 10.8. The van der Waals surface area contributed by atoms with Crippen LogP contribution in [0, 0.1) is 5.92 Å². The second-order valence-corrected chi connectivity index (χ2v) is 2.65. The highest BCUT2D eigenvalue weighted by atomic mass is 16.2. The topological polar surface area (TPSA) is 29.1 Å². The molecule has 0 aromatic rings. The Bertz CT molecular complexity index is 151. The highest BCUT2D eigenvalue weighted by Gasteiger charge is 2.36. The molecule has 0 radical (unpaired) electrons. The number of amides is 1. The third kappa shape index (κ3) is 1.06. The van der Waals surface area contributed by atoms with Crippen molar-refractivity contribution in [3.05, 3.63) is 12.7 Å². The van der Waals surface area contributed by atoms with Crippen LogP contribution in [-0.4, -0.2) is 11.9 Å².